The summed E-state index contributed by atoms with van der Waals surface area (Å²) < 4.78 is 27.9. The van der Waals surface area contributed by atoms with Crippen LogP contribution < -0.4 is 5.32 Å². The van der Waals surface area contributed by atoms with Gasteiger partial charge in [-0.25, -0.2) is 14.2 Å². The molecule has 2 atom stereocenters. The third kappa shape index (κ3) is 3.40. The summed E-state index contributed by atoms with van der Waals surface area (Å²) in [5.41, 5.74) is 2.44. The normalized spacial score (nSPS) is 21.7. The Labute approximate surface area is 171 Å². The van der Waals surface area contributed by atoms with E-state index < -0.39 is 6.55 Å². The van der Waals surface area contributed by atoms with E-state index in [1.54, 1.807) is 16.9 Å². The van der Waals surface area contributed by atoms with E-state index in [-0.39, 0.29) is 17.9 Å². The van der Waals surface area contributed by atoms with Crippen molar-refractivity contribution in [2.45, 2.75) is 38.8 Å². The van der Waals surface area contributed by atoms with Crippen LogP contribution in [0.5, 0.6) is 0 Å². The van der Waals surface area contributed by atoms with Crippen molar-refractivity contribution in [2.24, 2.45) is 11.8 Å². The number of amides is 1. The number of rotatable bonds is 6. The van der Waals surface area contributed by atoms with Gasteiger partial charge in [-0.1, -0.05) is 6.92 Å². The number of anilines is 1. The molecule has 1 amide bonds. The van der Waals surface area contributed by atoms with Crippen molar-refractivity contribution in [3.63, 3.8) is 0 Å². The fourth-order valence-electron chi connectivity index (χ4n) is 4.14. The number of nitrogens with one attached hydrogen (secondary N) is 1. The second-order valence-electron chi connectivity index (χ2n) is 8.06. The fraction of sp³-hybridized carbons (Fsp3) is 0.500. The molecule has 0 bridgehead atoms. The van der Waals surface area contributed by atoms with Gasteiger partial charge in [-0.2, -0.15) is 19.0 Å². The van der Waals surface area contributed by atoms with Gasteiger partial charge in [-0.3, -0.25) is 4.79 Å². The molecule has 1 aliphatic heterocycles. The van der Waals surface area contributed by atoms with Crippen LogP contribution in [0.1, 0.15) is 32.7 Å². The summed E-state index contributed by atoms with van der Waals surface area (Å²) in [6, 6.07) is 1.98. The Morgan fingerprint density at radius 2 is 2.10 bits per heavy atom. The number of likely N-dealkylation sites (tertiary alicyclic amines) is 1. The van der Waals surface area contributed by atoms with Crippen LogP contribution >= 0.6 is 0 Å². The smallest absolute Gasteiger partial charge is 0.333 e. The number of imidazole rings is 1. The van der Waals surface area contributed by atoms with Crippen molar-refractivity contribution in [1.29, 1.82) is 0 Å². The Hall–Kier alpha value is -3.04. The molecule has 10 heteroatoms. The monoisotopic (exact) mass is 415 g/mol. The molecule has 5 rings (SSSR count). The van der Waals surface area contributed by atoms with E-state index >= 15 is 0 Å². The van der Waals surface area contributed by atoms with Gasteiger partial charge in [0.1, 0.15) is 0 Å². The summed E-state index contributed by atoms with van der Waals surface area (Å²) >= 11 is 0. The second kappa shape index (κ2) is 7.33. The molecule has 1 saturated carbocycles. The molecule has 4 heterocycles. The molecule has 0 unspecified atom stereocenters. The lowest BCUT2D eigenvalue weighted by Crippen LogP contribution is -2.32. The predicted octanol–water partition coefficient (Wildman–Crippen LogP) is 3.05. The molecule has 1 saturated heterocycles. The number of alkyl halides is 2. The van der Waals surface area contributed by atoms with Gasteiger partial charge in [0.2, 0.25) is 5.91 Å². The van der Waals surface area contributed by atoms with Gasteiger partial charge in [0.05, 0.1) is 30.0 Å². The van der Waals surface area contributed by atoms with Crippen LogP contribution in [0.2, 0.25) is 0 Å². The second-order valence-corrected chi connectivity index (χ2v) is 8.06. The average molecular weight is 415 g/mol. The number of carbonyl (C=O) groups excluding carboxylic acids is 1. The van der Waals surface area contributed by atoms with Crippen molar-refractivity contribution in [2.75, 3.05) is 18.4 Å². The van der Waals surface area contributed by atoms with Crippen molar-refractivity contribution in [1.82, 2.24) is 29.3 Å². The van der Waals surface area contributed by atoms with Gasteiger partial charge in [-0.05, 0) is 31.2 Å². The summed E-state index contributed by atoms with van der Waals surface area (Å²) in [6.45, 7) is 0.899. The number of fused-ring (bicyclic) bond motifs is 1. The van der Waals surface area contributed by atoms with Crippen LogP contribution in [-0.4, -0.2) is 54.3 Å². The van der Waals surface area contributed by atoms with Gasteiger partial charge in [-0.15, -0.1) is 0 Å². The highest BCUT2D eigenvalue weighted by Gasteiger charge is 2.40. The summed E-state index contributed by atoms with van der Waals surface area (Å²) in [6.07, 6.45) is 8.99. The molecule has 8 nitrogen and oxygen atoms in total. The predicted molar refractivity (Wildman–Crippen MR) is 106 cm³/mol. The van der Waals surface area contributed by atoms with Crippen molar-refractivity contribution < 1.29 is 13.6 Å². The fourth-order valence-corrected chi connectivity index (χ4v) is 4.14. The van der Waals surface area contributed by atoms with E-state index in [1.165, 1.54) is 12.4 Å². The summed E-state index contributed by atoms with van der Waals surface area (Å²) in [5, 5.41) is 11.5. The lowest BCUT2D eigenvalue weighted by atomic mass is 10.0. The molecule has 0 aromatic carbocycles. The zero-order valence-electron chi connectivity index (χ0n) is 16.6. The van der Waals surface area contributed by atoms with E-state index in [4.69, 9.17) is 0 Å². The molecule has 0 radical (unpaired) electrons. The quantitative estimate of drug-likeness (QED) is 0.669. The highest BCUT2D eigenvalue weighted by molar-refractivity contribution is 5.81. The molecule has 2 fully saturated rings. The molecule has 30 heavy (non-hydrogen) atoms. The SMILES string of the molecule is CC[C@H]1CN(C(=O)C2CC2)C[C@H]1Nc1ccnn2cc(-c3cnn(C(F)F)c3)nc12. The number of halogens is 2. The zero-order valence-corrected chi connectivity index (χ0v) is 16.6. The van der Waals surface area contributed by atoms with E-state index in [0.717, 1.165) is 31.5 Å². The third-order valence-electron chi connectivity index (χ3n) is 6.00. The Bertz CT molecular complexity index is 1070. The van der Waals surface area contributed by atoms with Gasteiger partial charge in [0.25, 0.3) is 0 Å². The first-order valence-electron chi connectivity index (χ1n) is 10.3. The minimum atomic E-state index is -2.69. The maximum atomic E-state index is 12.8. The van der Waals surface area contributed by atoms with Gasteiger partial charge < -0.3 is 10.2 Å². The Morgan fingerprint density at radius 1 is 1.27 bits per heavy atom. The zero-order chi connectivity index (χ0) is 20.8. The largest absolute Gasteiger partial charge is 0.377 e. The molecular formula is C20H23F2N7O. The maximum absolute atomic E-state index is 12.8. The number of hydrogen-bond acceptors (Lipinski definition) is 5. The summed E-state index contributed by atoms with van der Waals surface area (Å²) in [7, 11) is 0. The Balaban J connectivity index is 1.40. The van der Waals surface area contributed by atoms with E-state index in [1.807, 2.05) is 11.0 Å². The minimum absolute atomic E-state index is 0.130. The van der Waals surface area contributed by atoms with Gasteiger partial charge >= 0.3 is 6.55 Å². The van der Waals surface area contributed by atoms with Gasteiger partial charge in [0, 0.05) is 36.8 Å². The molecular weight excluding hydrogens is 392 g/mol. The number of aromatic nitrogens is 5. The van der Waals surface area contributed by atoms with Crippen LogP contribution in [0.15, 0.2) is 30.9 Å². The van der Waals surface area contributed by atoms with Crippen molar-refractivity contribution >= 4 is 17.2 Å². The Morgan fingerprint density at radius 3 is 2.80 bits per heavy atom. The van der Waals surface area contributed by atoms with Crippen molar-refractivity contribution in [3.05, 3.63) is 30.9 Å². The lowest BCUT2D eigenvalue weighted by molar-refractivity contribution is -0.131. The van der Waals surface area contributed by atoms with E-state index in [0.29, 0.717) is 34.0 Å². The molecule has 158 valence electrons. The standard InChI is InChI=1S/C20H23F2N7O/c1-2-12-8-27(19(30)13-3-4-13)10-16(12)25-15-5-6-23-28-11-17(26-18(15)28)14-7-24-29(9-14)20(21)22/h5-7,9,11-13,16,20,25H,2-4,8,10H2,1H3/t12-,16+/m0/s1. The first-order valence-corrected chi connectivity index (χ1v) is 10.3. The Kier molecular flexibility index (Phi) is 4.63. The lowest BCUT2D eigenvalue weighted by Gasteiger charge is -2.19. The summed E-state index contributed by atoms with van der Waals surface area (Å²) in [4.78, 5) is 19.1. The van der Waals surface area contributed by atoms with Crippen LogP contribution in [0.4, 0.5) is 14.5 Å². The molecule has 3 aromatic rings. The van der Waals surface area contributed by atoms with E-state index in [9.17, 15) is 13.6 Å². The maximum Gasteiger partial charge on any atom is 0.333 e. The van der Waals surface area contributed by atoms with Gasteiger partial charge in [0.15, 0.2) is 5.65 Å². The number of nitrogens with zero attached hydrogens (tertiary/aromatic N) is 6. The molecule has 2 aliphatic rings. The molecule has 0 spiro atoms. The van der Waals surface area contributed by atoms with Crippen LogP contribution in [0.3, 0.4) is 0 Å². The first-order chi connectivity index (χ1) is 14.5. The number of hydrogen-bond donors (Lipinski definition) is 1. The van der Waals surface area contributed by atoms with Crippen LogP contribution in [-0.2, 0) is 4.79 Å². The average Bonchev–Trinajstić information content (AvgIpc) is 3.15. The third-order valence-corrected chi connectivity index (χ3v) is 6.00. The first kappa shape index (κ1) is 19.0. The molecule has 1 N–H and O–H groups in total. The summed E-state index contributed by atoms with van der Waals surface area (Å²) in [5.74, 6) is 0.856. The highest BCUT2D eigenvalue weighted by atomic mass is 19.3. The number of carbonyl (C=O) groups is 1. The molecule has 1 aliphatic carbocycles. The molecule has 3 aromatic heterocycles. The van der Waals surface area contributed by atoms with E-state index in [2.05, 4.69) is 27.4 Å². The highest BCUT2D eigenvalue weighted by Crippen LogP contribution is 2.34. The minimum Gasteiger partial charge on any atom is -0.377 e. The van der Waals surface area contributed by atoms with Crippen LogP contribution in [0, 0.1) is 11.8 Å². The topological polar surface area (TPSA) is 80.4 Å². The van der Waals surface area contributed by atoms with Crippen molar-refractivity contribution in [3.8, 4) is 11.3 Å². The van der Waals surface area contributed by atoms with Crippen LogP contribution in [0.25, 0.3) is 16.9 Å².